The molecule has 1 aromatic heterocycles. The molecule has 7 heteroatoms. The van der Waals surface area contributed by atoms with Gasteiger partial charge < -0.3 is 10.5 Å². The summed E-state index contributed by atoms with van der Waals surface area (Å²) in [5.41, 5.74) is 15.9. The molecule has 0 amide bonds. The molecule has 1 aromatic carbocycles. The van der Waals surface area contributed by atoms with Crippen LogP contribution in [0.25, 0.3) is 0 Å². The molecule has 0 atom stereocenters. The molecule has 3 rings (SSSR count). The highest BCUT2D eigenvalue weighted by Gasteiger charge is 2.17. The van der Waals surface area contributed by atoms with E-state index in [0.29, 0.717) is 29.0 Å². The van der Waals surface area contributed by atoms with Gasteiger partial charge in [-0.15, -0.1) is 5.53 Å². The second-order valence-electron chi connectivity index (χ2n) is 4.06. The van der Waals surface area contributed by atoms with Crippen LogP contribution in [-0.2, 0) is 6.61 Å². The Labute approximate surface area is 114 Å². The van der Waals surface area contributed by atoms with Gasteiger partial charge in [-0.25, -0.2) is 4.98 Å². The number of anilines is 3. The lowest BCUT2D eigenvalue weighted by molar-refractivity contribution is 0.308. The maximum atomic E-state index is 5.93. The standard InChI is InChI=1S/C12H12ClN5O/c13-8-3-1-2-7(4-8)6-19-9-5-10(14)15-12-11(9)16-18-17-12/h1-5,16,18H,6H2,(H3,14,15,17). The first-order valence-corrected chi connectivity index (χ1v) is 6.05. The highest BCUT2D eigenvalue weighted by atomic mass is 35.5. The molecular formula is C12H12ClN5O. The van der Waals surface area contributed by atoms with E-state index in [9.17, 15) is 0 Å². The molecule has 0 bridgehead atoms. The van der Waals surface area contributed by atoms with Gasteiger partial charge in [-0.3, -0.25) is 10.9 Å². The molecule has 0 unspecified atom stereocenters. The minimum absolute atomic E-state index is 0.387. The van der Waals surface area contributed by atoms with Crippen molar-refractivity contribution in [1.82, 2.24) is 10.5 Å². The Hall–Kier alpha value is -2.18. The van der Waals surface area contributed by atoms with Gasteiger partial charge in [0.2, 0.25) is 0 Å². The number of nitrogens with one attached hydrogen (secondary N) is 3. The molecule has 0 saturated heterocycles. The third-order valence-corrected chi connectivity index (χ3v) is 2.89. The lowest BCUT2D eigenvalue weighted by atomic mass is 10.2. The number of aromatic nitrogens is 1. The van der Waals surface area contributed by atoms with Crippen molar-refractivity contribution in [1.29, 1.82) is 0 Å². The number of hydrogen-bond donors (Lipinski definition) is 4. The smallest absolute Gasteiger partial charge is 0.172 e. The minimum Gasteiger partial charge on any atom is -0.486 e. The number of fused-ring (bicyclic) bond motifs is 1. The summed E-state index contributed by atoms with van der Waals surface area (Å²) in [5, 5.41) is 0.682. The summed E-state index contributed by atoms with van der Waals surface area (Å²) >= 11 is 5.93. The second kappa shape index (κ2) is 4.83. The summed E-state index contributed by atoms with van der Waals surface area (Å²) in [6.45, 7) is 0.401. The van der Waals surface area contributed by atoms with Gasteiger partial charge in [-0.05, 0) is 17.7 Å². The van der Waals surface area contributed by atoms with E-state index in [1.165, 1.54) is 0 Å². The summed E-state index contributed by atoms with van der Waals surface area (Å²) in [7, 11) is 0. The number of nitrogens with zero attached hydrogens (tertiary/aromatic N) is 1. The van der Waals surface area contributed by atoms with Gasteiger partial charge in [0.05, 0.1) is 0 Å². The van der Waals surface area contributed by atoms with Crippen molar-refractivity contribution in [2.24, 2.45) is 0 Å². The fraction of sp³-hybridized carbons (Fsp3) is 0.0833. The van der Waals surface area contributed by atoms with Crippen molar-refractivity contribution in [3.8, 4) is 5.75 Å². The predicted octanol–water partition coefficient (Wildman–Crippen LogP) is 2.15. The molecule has 5 N–H and O–H groups in total. The van der Waals surface area contributed by atoms with Gasteiger partial charge in [-0.2, -0.15) is 0 Å². The number of rotatable bonds is 3. The number of nitrogen functional groups attached to an aromatic ring is 1. The zero-order chi connectivity index (χ0) is 13.2. The van der Waals surface area contributed by atoms with Crippen LogP contribution >= 0.6 is 11.6 Å². The number of hydrogen-bond acceptors (Lipinski definition) is 6. The Kier molecular flexibility index (Phi) is 3.02. The molecule has 6 nitrogen and oxygen atoms in total. The van der Waals surface area contributed by atoms with E-state index >= 15 is 0 Å². The van der Waals surface area contributed by atoms with Crippen LogP contribution in [-0.4, -0.2) is 4.98 Å². The van der Waals surface area contributed by atoms with Gasteiger partial charge in [-0.1, -0.05) is 23.7 Å². The molecule has 98 valence electrons. The monoisotopic (exact) mass is 277 g/mol. The topological polar surface area (TPSA) is 84.2 Å². The third-order valence-electron chi connectivity index (χ3n) is 2.65. The zero-order valence-electron chi connectivity index (χ0n) is 9.90. The first-order chi connectivity index (χ1) is 9.22. The summed E-state index contributed by atoms with van der Waals surface area (Å²) in [4.78, 5) is 4.12. The SMILES string of the molecule is Nc1cc(OCc2cccc(Cl)c2)c2c(n1)NNN2. The first kappa shape index (κ1) is 11.9. The van der Waals surface area contributed by atoms with E-state index in [1.807, 2.05) is 24.3 Å². The predicted molar refractivity (Wildman–Crippen MR) is 74.8 cm³/mol. The second-order valence-corrected chi connectivity index (χ2v) is 4.50. The molecule has 1 aliphatic rings. The van der Waals surface area contributed by atoms with Crippen LogP contribution in [0, 0.1) is 0 Å². The summed E-state index contributed by atoms with van der Waals surface area (Å²) < 4.78 is 5.75. The summed E-state index contributed by atoms with van der Waals surface area (Å²) in [6.07, 6.45) is 0. The van der Waals surface area contributed by atoms with Crippen LogP contribution in [0.5, 0.6) is 5.75 Å². The van der Waals surface area contributed by atoms with E-state index < -0.39 is 0 Å². The molecule has 0 radical (unpaired) electrons. The van der Waals surface area contributed by atoms with Crippen LogP contribution in [0.15, 0.2) is 30.3 Å². The van der Waals surface area contributed by atoms with Gasteiger partial charge in [0.15, 0.2) is 11.6 Å². The average Bonchev–Trinajstić information content (AvgIpc) is 2.84. The van der Waals surface area contributed by atoms with Crippen molar-refractivity contribution < 1.29 is 4.74 Å². The van der Waals surface area contributed by atoms with Crippen LogP contribution < -0.4 is 26.9 Å². The van der Waals surface area contributed by atoms with Crippen molar-refractivity contribution in [3.05, 3.63) is 40.9 Å². The maximum Gasteiger partial charge on any atom is 0.172 e. The zero-order valence-corrected chi connectivity index (χ0v) is 10.7. The van der Waals surface area contributed by atoms with Crippen molar-refractivity contribution in [3.63, 3.8) is 0 Å². The van der Waals surface area contributed by atoms with Gasteiger partial charge >= 0.3 is 0 Å². The Balaban J connectivity index is 1.81. The fourth-order valence-corrected chi connectivity index (χ4v) is 2.02. The van der Waals surface area contributed by atoms with Crippen LogP contribution in [0.1, 0.15) is 5.56 Å². The fourth-order valence-electron chi connectivity index (χ4n) is 1.81. The van der Waals surface area contributed by atoms with Crippen molar-refractivity contribution >= 4 is 28.9 Å². The average molecular weight is 278 g/mol. The van der Waals surface area contributed by atoms with E-state index in [0.717, 1.165) is 11.3 Å². The third kappa shape index (κ3) is 2.49. The minimum atomic E-state index is 0.387. The lowest BCUT2D eigenvalue weighted by Gasteiger charge is -2.10. The number of ether oxygens (including phenoxy) is 1. The van der Waals surface area contributed by atoms with E-state index in [2.05, 4.69) is 21.4 Å². The quantitative estimate of drug-likeness (QED) is 0.688. The molecule has 0 saturated carbocycles. The number of pyridine rings is 1. The van der Waals surface area contributed by atoms with Gasteiger partial charge in [0.1, 0.15) is 18.1 Å². The Morgan fingerprint density at radius 2 is 2.16 bits per heavy atom. The van der Waals surface area contributed by atoms with Crippen molar-refractivity contribution in [2.75, 3.05) is 16.6 Å². The number of nitrogens with two attached hydrogens (primary N) is 1. The lowest BCUT2D eigenvalue weighted by Crippen LogP contribution is -2.19. The number of halogens is 1. The molecule has 0 spiro atoms. The van der Waals surface area contributed by atoms with E-state index in [1.54, 1.807) is 6.07 Å². The highest BCUT2D eigenvalue weighted by Crippen LogP contribution is 2.35. The van der Waals surface area contributed by atoms with Gasteiger partial charge in [0.25, 0.3) is 0 Å². The molecule has 0 aliphatic carbocycles. The molecule has 2 heterocycles. The number of hydrazine groups is 2. The molecule has 1 aliphatic heterocycles. The van der Waals surface area contributed by atoms with E-state index in [-0.39, 0.29) is 0 Å². The summed E-state index contributed by atoms with van der Waals surface area (Å²) in [6, 6.07) is 9.18. The van der Waals surface area contributed by atoms with Crippen LogP contribution in [0.2, 0.25) is 5.02 Å². The Bertz CT molecular complexity index is 619. The highest BCUT2D eigenvalue weighted by molar-refractivity contribution is 6.30. The van der Waals surface area contributed by atoms with Crippen molar-refractivity contribution in [2.45, 2.75) is 6.61 Å². The number of benzene rings is 1. The Morgan fingerprint density at radius 3 is 3.00 bits per heavy atom. The van der Waals surface area contributed by atoms with Crippen LogP contribution in [0.4, 0.5) is 17.3 Å². The molecular weight excluding hydrogens is 266 g/mol. The molecule has 0 fully saturated rings. The van der Waals surface area contributed by atoms with E-state index in [4.69, 9.17) is 22.1 Å². The molecule has 2 aromatic rings. The normalized spacial score (nSPS) is 12.5. The van der Waals surface area contributed by atoms with Gasteiger partial charge in [0, 0.05) is 11.1 Å². The largest absolute Gasteiger partial charge is 0.486 e. The van der Waals surface area contributed by atoms with Crippen LogP contribution in [0.3, 0.4) is 0 Å². The maximum absolute atomic E-state index is 5.93. The first-order valence-electron chi connectivity index (χ1n) is 5.67. The summed E-state index contributed by atoms with van der Waals surface area (Å²) in [5.74, 6) is 1.62. The Morgan fingerprint density at radius 1 is 1.26 bits per heavy atom. The molecule has 19 heavy (non-hydrogen) atoms.